The first-order valence-corrected chi connectivity index (χ1v) is 7.04. The summed E-state index contributed by atoms with van der Waals surface area (Å²) in [7, 11) is 0. The number of ether oxygens (including phenoxy) is 1. The molecule has 0 aromatic heterocycles. The minimum atomic E-state index is -0.197. The van der Waals surface area contributed by atoms with Gasteiger partial charge in [-0.25, -0.2) is 4.79 Å². The summed E-state index contributed by atoms with van der Waals surface area (Å²) in [5.41, 5.74) is 3.21. The number of carbonyl (C=O) groups is 1. The molecule has 1 fully saturated rings. The number of fused-ring (bicyclic) bond motifs is 1. The fourth-order valence-electron chi connectivity index (χ4n) is 2.31. The van der Waals surface area contributed by atoms with Crippen LogP contribution in [0.1, 0.15) is 39.5 Å². The molecule has 17 heavy (non-hydrogen) atoms. The molecule has 1 atom stereocenters. The van der Waals surface area contributed by atoms with E-state index in [0.29, 0.717) is 0 Å². The molecule has 1 aliphatic carbocycles. The maximum atomic E-state index is 12.1. The second kappa shape index (κ2) is 5.25. The summed E-state index contributed by atoms with van der Waals surface area (Å²) < 4.78 is 5.32. The van der Waals surface area contributed by atoms with Gasteiger partial charge >= 0.3 is 5.97 Å². The van der Waals surface area contributed by atoms with E-state index in [2.05, 4.69) is 21.2 Å². The van der Waals surface area contributed by atoms with Gasteiger partial charge in [0.2, 0.25) is 0 Å². The third-order valence-corrected chi connectivity index (χ3v) is 3.78. The van der Waals surface area contributed by atoms with Crippen LogP contribution in [-0.2, 0) is 9.53 Å². The molecule has 3 nitrogen and oxygen atoms in total. The lowest BCUT2D eigenvalue weighted by atomic mass is 9.85. The summed E-state index contributed by atoms with van der Waals surface area (Å²) in [6, 6.07) is 0. The van der Waals surface area contributed by atoms with Crippen LogP contribution in [0, 0.1) is 0 Å². The summed E-state index contributed by atoms with van der Waals surface area (Å²) in [4.78, 5) is 12.0. The van der Waals surface area contributed by atoms with E-state index in [1.54, 1.807) is 0 Å². The van der Waals surface area contributed by atoms with Crippen LogP contribution in [0.3, 0.4) is 0 Å². The Morgan fingerprint density at radius 2 is 2.18 bits per heavy atom. The molecule has 1 heterocycles. The second-order valence-electron chi connectivity index (χ2n) is 4.75. The predicted octanol–water partition coefficient (Wildman–Crippen LogP) is 3.02. The first kappa shape index (κ1) is 12.7. The highest BCUT2D eigenvalue weighted by molar-refractivity contribution is 9.09. The van der Waals surface area contributed by atoms with Crippen LogP contribution in [0.4, 0.5) is 0 Å². The number of rotatable bonds is 2. The van der Waals surface area contributed by atoms with Gasteiger partial charge in [0.1, 0.15) is 4.95 Å². The highest BCUT2D eigenvalue weighted by atomic mass is 79.9. The smallest absolute Gasteiger partial charge is 0.337 e. The van der Waals surface area contributed by atoms with E-state index in [9.17, 15) is 4.79 Å². The van der Waals surface area contributed by atoms with Crippen molar-refractivity contribution in [1.29, 1.82) is 0 Å². The van der Waals surface area contributed by atoms with Crippen LogP contribution < -0.4 is 5.32 Å². The lowest BCUT2D eigenvalue weighted by Crippen LogP contribution is -2.33. The quantitative estimate of drug-likeness (QED) is 0.484. The van der Waals surface area contributed by atoms with E-state index in [1.165, 1.54) is 17.6 Å². The van der Waals surface area contributed by atoms with Crippen LogP contribution in [0.5, 0.6) is 0 Å². The predicted molar refractivity (Wildman–Crippen MR) is 70.7 cm³/mol. The SMILES string of the molecule is CC(C)OC(=O)C1=C2CCCCC2=CNC1Br. The van der Waals surface area contributed by atoms with E-state index in [1.807, 2.05) is 20.0 Å². The monoisotopic (exact) mass is 299 g/mol. The van der Waals surface area contributed by atoms with Crippen molar-refractivity contribution in [1.82, 2.24) is 5.32 Å². The van der Waals surface area contributed by atoms with E-state index >= 15 is 0 Å². The van der Waals surface area contributed by atoms with Crippen molar-refractivity contribution < 1.29 is 9.53 Å². The molecule has 1 unspecified atom stereocenters. The van der Waals surface area contributed by atoms with Gasteiger partial charge in [0.25, 0.3) is 0 Å². The zero-order chi connectivity index (χ0) is 12.4. The highest BCUT2D eigenvalue weighted by Gasteiger charge is 2.30. The number of hydrogen-bond acceptors (Lipinski definition) is 3. The Bertz CT molecular complexity index is 385. The maximum Gasteiger partial charge on any atom is 0.337 e. The molecule has 4 heteroatoms. The van der Waals surface area contributed by atoms with E-state index in [-0.39, 0.29) is 17.0 Å². The number of dihydropyridines is 1. The van der Waals surface area contributed by atoms with Gasteiger partial charge in [-0.2, -0.15) is 0 Å². The van der Waals surface area contributed by atoms with Crippen LogP contribution in [0.25, 0.3) is 0 Å². The number of alkyl halides is 1. The number of allylic oxidation sites excluding steroid dienone is 2. The van der Waals surface area contributed by atoms with Crippen molar-refractivity contribution in [3.05, 3.63) is 22.9 Å². The Morgan fingerprint density at radius 1 is 1.47 bits per heavy atom. The van der Waals surface area contributed by atoms with Crippen molar-refractivity contribution in [3.8, 4) is 0 Å². The van der Waals surface area contributed by atoms with E-state index in [4.69, 9.17) is 4.74 Å². The van der Waals surface area contributed by atoms with Gasteiger partial charge < -0.3 is 10.1 Å². The third kappa shape index (κ3) is 2.73. The Morgan fingerprint density at radius 3 is 2.88 bits per heavy atom. The van der Waals surface area contributed by atoms with Crippen molar-refractivity contribution in [2.75, 3.05) is 0 Å². The zero-order valence-corrected chi connectivity index (χ0v) is 11.8. The van der Waals surface area contributed by atoms with Gasteiger partial charge in [0.15, 0.2) is 0 Å². The molecule has 0 aromatic rings. The molecule has 2 rings (SSSR count). The van der Waals surface area contributed by atoms with Gasteiger partial charge in [-0.15, -0.1) is 0 Å². The Hall–Kier alpha value is -0.770. The van der Waals surface area contributed by atoms with Crippen molar-refractivity contribution in [2.45, 2.75) is 50.6 Å². The summed E-state index contributed by atoms with van der Waals surface area (Å²) in [5, 5.41) is 3.18. The molecule has 0 spiro atoms. The number of hydrogen-bond donors (Lipinski definition) is 1. The molecule has 1 N–H and O–H groups in total. The van der Waals surface area contributed by atoms with Crippen LogP contribution >= 0.6 is 15.9 Å². The van der Waals surface area contributed by atoms with Gasteiger partial charge in [0, 0.05) is 6.20 Å². The van der Waals surface area contributed by atoms with Crippen LogP contribution in [0.15, 0.2) is 22.9 Å². The van der Waals surface area contributed by atoms with Crippen LogP contribution in [0.2, 0.25) is 0 Å². The van der Waals surface area contributed by atoms with Crippen LogP contribution in [-0.4, -0.2) is 17.0 Å². The molecule has 94 valence electrons. The van der Waals surface area contributed by atoms with E-state index < -0.39 is 0 Å². The third-order valence-electron chi connectivity index (χ3n) is 3.06. The molecule has 0 aromatic carbocycles. The van der Waals surface area contributed by atoms with Crippen molar-refractivity contribution in [3.63, 3.8) is 0 Å². The molecule has 1 aliphatic heterocycles. The van der Waals surface area contributed by atoms with Gasteiger partial charge in [0.05, 0.1) is 11.7 Å². The lowest BCUT2D eigenvalue weighted by Gasteiger charge is -2.29. The molecule has 0 saturated heterocycles. The Balaban J connectivity index is 2.29. The topological polar surface area (TPSA) is 38.3 Å². The van der Waals surface area contributed by atoms with Gasteiger partial charge in [-0.05, 0) is 50.7 Å². The molecular weight excluding hydrogens is 282 g/mol. The fraction of sp³-hybridized carbons (Fsp3) is 0.615. The minimum absolute atomic E-state index is 0.0757. The molecule has 0 radical (unpaired) electrons. The summed E-state index contributed by atoms with van der Waals surface area (Å²) >= 11 is 3.49. The Labute approximate surface area is 110 Å². The maximum absolute atomic E-state index is 12.1. The number of nitrogens with one attached hydrogen (secondary N) is 1. The standard InChI is InChI=1S/C13H18BrNO2/c1-8(2)17-13(16)11-10-6-4-3-5-9(10)7-15-12(11)14/h7-8,12,15H,3-6H2,1-2H3. The van der Waals surface area contributed by atoms with Gasteiger partial charge in [-0.1, -0.05) is 15.9 Å². The van der Waals surface area contributed by atoms with E-state index in [0.717, 1.165) is 24.8 Å². The number of esters is 1. The van der Waals surface area contributed by atoms with Gasteiger partial charge in [-0.3, -0.25) is 0 Å². The average molecular weight is 300 g/mol. The molecule has 0 bridgehead atoms. The largest absolute Gasteiger partial charge is 0.460 e. The highest BCUT2D eigenvalue weighted by Crippen LogP contribution is 2.35. The first-order chi connectivity index (χ1) is 8.09. The Kier molecular flexibility index (Phi) is 3.92. The molecule has 0 amide bonds. The summed E-state index contributed by atoms with van der Waals surface area (Å²) in [5.74, 6) is -0.197. The fourth-order valence-corrected chi connectivity index (χ4v) is 2.91. The molecular formula is C13H18BrNO2. The first-order valence-electron chi connectivity index (χ1n) is 6.13. The average Bonchev–Trinajstić information content (AvgIpc) is 2.27. The summed E-state index contributed by atoms with van der Waals surface area (Å²) in [6.45, 7) is 3.75. The van der Waals surface area contributed by atoms with Crippen molar-refractivity contribution in [2.24, 2.45) is 0 Å². The number of halogens is 1. The lowest BCUT2D eigenvalue weighted by molar-refractivity contribution is -0.142. The normalized spacial score (nSPS) is 24.0. The molecule has 1 saturated carbocycles. The molecule has 2 aliphatic rings. The zero-order valence-electron chi connectivity index (χ0n) is 10.3. The second-order valence-corrected chi connectivity index (χ2v) is 5.67. The minimum Gasteiger partial charge on any atom is -0.460 e. The van der Waals surface area contributed by atoms with Crippen molar-refractivity contribution >= 4 is 21.9 Å². The summed E-state index contributed by atoms with van der Waals surface area (Å²) in [6.07, 6.45) is 6.35. The number of carbonyl (C=O) groups excluding carboxylic acids is 1.